The van der Waals surface area contributed by atoms with Crippen LogP contribution in [0.1, 0.15) is 39.1 Å². The van der Waals surface area contributed by atoms with Crippen molar-refractivity contribution in [3.63, 3.8) is 0 Å². The fraction of sp³-hybridized carbons (Fsp3) is 0.212. The summed E-state index contributed by atoms with van der Waals surface area (Å²) in [5, 5.41) is 2.93. The second-order valence-corrected chi connectivity index (χ2v) is 9.65. The molecule has 1 aliphatic heterocycles. The number of anilines is 3. The number of carbonyl (C=O) groups is 2. The van der Waals surface area contributed by atoms with E-state index in [9.17, 15) is 9.59 Å². The summed E-state index contributed by atoms with van der Waals surface area (Å²) in [7, 11) is 0. The SMILES string of the molecule is Cc1ccccc1C(=O)Nc1ccc(C(=O)N2CCCN(CCCOc3ccccc3)c3ccccc32)cc1. The van der Waals surface area contributed by atoms with Crippen LogP contribution in [0.2, 0.25) is 0 Å². The van der Waals surface area contributed by atoms with Crippen molar-refractivity contribution in [2.24, 2.45) is 0 Å². The van der Waals surface area contributed by atoms with E-state index in [-0.39, 0.29) is 11.8 Å². The zero-order chi connectivity index (χ0) is 27.0. The average Bonchev–Trinajstić information content (AvgIpc) is 3.15. The molecule has 0 aliphatic carbocycles. The van der Waals surface area contributed by atoms with E-state index in [0.29, 0.717) is 30.0 Å². The van der Waals surface area contributed by atoms with Gasteiger partial charge in [0.05, 0.1) is 18.0 Å². The number of rotatable bonds is 8. The summed E-state index contributed by atoms with van der Waals surface area (Å²) in [5.74, 6) is 0.669. The van der Waals surface area contributed by atoms with Crippen LogP contribution < -0.4 is 19.9 Å². The molecule has 0 saturated heterocycles. The van der Waals surface area contributed by atoms with Crippen LogP contribution in [-0.2, 0) is 0 Å². The van der Waals surface area contributed by atoms with Gasteiger partial charge in [0, 0.05) is 36.4 Å². The van der Waals surface area contributed by atoms with Crippen molar-refractivity contribution in [1.29, 1.82) is 0 Å². The molecule has 0 spiro atoms. The third-order valence-corrected chi connectivity index (χ3v) is 6.93. The normalized spacial score (nSPS) is 12.8. The molecule has 1 heterocycles. The summed E-state index contributed by atoms with van der Waals surface area (Å²) < 4.78 is 5.88. The van der Waals surface area contributed by atoms with Gasteiger partial charge in [-0.2, -0.15) is 0 Å². The highest BCUT2D eigenvalue weighted by Gasteiger charge is 2.25. The Kier molecular flexibility index (Phi) is 8.22. The fourth-order valence-corrected chi connectivity index (χ4v) is 4.90. The Labute approximate surface area is 229 Å². The summed E-state index contributed by atoms with van der Waals surface area (Å²) in [6.07, 6.45) is 1.75. The van der Waals surface area contributed by atoms with Crippen LogP contribution in [0.25, 0.3) is 0 Å². The standard InChI is InChI=1S/C33H33N3O3/c1-25-11-5-6-14-29(25)32(37)34-27-19-17-26(18-20-27)33(38)36-23-9-21-35(30-15-7-8-16-31(30)36)22-10-24-39-28-12-3-2-4-13-28/h2-8,11-20H,9-10,21-24H2,1H3,(H,34,37). The molecular weight excluding hydrogens is 486 g/mol. The number of hydrogen-bond donors (Lipinski definition) is 1. The van der Waals surface area contributed by atoms with Crippen molar-refractivity contribution in [2.75, 3.05) is 41.4 Å². The maximum atomic E-state index is 13.6. The molecule has 0 aromatic heterocycles. The Morgan fingerprint density at radius 3 is 2.26 bits per heavy atom. The van der Waals surface area contributed by atoms with Crippen LogP contribution in [0.4, 0.5) is 17.1 Å². The molecule has 0 saturated carbocycles. The van der Waals surface area contributed by atoms with Gasteiger partial charge < -0.3 is 19.9 Å². The molecule has 1 aliphatic rings. The molecule has 1 N–H and O–H groups in total. The largest absolute Gasteiger partial charge is 0.494 e. The van der Waals surface area contributed by atoms with Crippen molar-refractivity contribution in [3.05, 3.63) is 120 Å². The molecule has 2 amide bonds. The van der Waals surface area contributed by atoms with Gasteiger partial charge in [0.15, 0.2) is 0 Å². The Morgan fingerprint density at radius 2 is 1.49 bits per heavy atom. The Hall–Kier alpha value is -4.58. The quantitative estimate of drug-likeness (QED) is 0.267. The van der Waals surface area contributed by atoms with Gasteiger partial charge in [0.25, 0.3) is 11.8 Å². The van der Waals surface area contributed by atoms with Gasteiger partial charge in [-0.3, -0.25) is 9.59 Å². The van der Waals surface area contributed by atoms with Gasteiger partial charge in [0.1, 0.15) is 5.75 Å². The second kappa shape index (κ2) is 12.3. The number of benzene rings is 4. The van der Waals surface area contributed by atoms with E-state index in [1.165, 1.54) is 0 Å². The summed E-state index contributed by atoms with van der Waals surface area (Å²) in [5.41, 5.74) is 4.77. The van der Waals surface area contributed by atoms with Gasteiger partial charge in [-0.15, -0.1) is 0 Å². The molecule has 39 heavy (non-hydrogen) atoms. The molecule has 4 aromatic carbocycles. The van der Waals surface area contributed by atoms with Crippen molar-refractivity contribution in [3.8, 4) is 5.75 Å². The summed E-state index contributed by atoms with van der Waals surface area (Å²) in [6.45, 7) is 4.91. The number of fused-ring (bicyclic) bond motifs is 1. The minimum absolute atomic E-state index is 0.0477. The summed E-state index contributed by atoms with van der Waals surface area (Å²) in [6, 6.07) is 32.6. The zero-order valence-corrected chi connectivity index (χ0v) is 22.2. The number of nitrogens with one attached hydrogen (secondary N) is 1. The molecule has 0 fully saturated rings. The number of para-hydroxylation sites is 3. The summed E-state index contributed by atoms with van der Waals surface area (Å²) >= 11 is 0. The first-order valence-corrected chi connectivity index (χ1v) is 13.4. The van der Waals surface area contributed by atoms with Crippen molar-refractivity contribution < 1.29 is 14.3 Å². The minimum Gasteiger partial charge on any atom is -0.494 e. The highest BCUT2D eigenvalue weighted by atomic mass is 16.5. The first kappa shape index (κ1) is 26.0. The molecule has 6 nitrogen and oxygen atoms in total. The maximum Gasteiger partial charge on any atom is 0.258 e. The zero-order valence-electron chi connectivity index (χ0n) is 22.2. The average molecular weight is 520 g/mol. The molecular formula is C33H33N3O3. The smallest absolute Gasteiger partial charge is 0.258 e. The molecule has 0 bridgehead atoms. The number of ether oxygens (including phenoxy) is 1. The Morgan fingerprint density at radius 1 is 0.795 bits per heavy atom. The molecule has 5 rings (SSSR count). The van der Waals surface area contributed by atoms with Crippen molar-refractivity contribution in [2.45, 2.75) is 19.8 Å². The van der Waals surface area contributed by atoms with E-state index in [4.69, 9.17) is 4.74 Å². The Bertz CT molecular complexity index is 1420. The number of amides is 2. The predicted molar refractivity (Wildman–Crippen MR) is 157 cm³/mol. The lowest BCUT2D eigenvalue weighted by Crippen LogP contribution is -2.31. The number of nitrogens with zero attached hydrogens (tertiary/aromatic N) is 2. The lowest BCUT2D eigenvalue weighted by Gasteiger charge is -2.27. The van der Waals surface area contributed by atoms with E-state index in [2.05, 4.69) is 16.3 Å². The first-order valence-electron chi connectivity index (χ1n) is 13.4. The van der Waals surface area contributed by atoms with E-state index in [1.54, 1.807) is 30.3 Å². The van der Waals surface area contributed by atoms with E-state index in [0.717, 1.165) is 48.6 Å². The van der Waals surface area contributed by atoms with Crippen LogP contribution in [0.3, 0.4) is 0 Å². The van der Waals surface area contributed by atoms with Crippen LogP contribution in [0.15, 0.2) is 103 Å². The number of carbonyl (C=O) groups excluding carboxylic acids is 2. The lowest BCUT2D eigenvalue weighted by atomic mass is 10.1. The van der Waals surface area contributed by atoms with Gasteiger partial charge in [0.2, 0.25) is 0 Å². The molecule has 6 heteroatoms. The van der Waals surface area contributed by atoms with Gasteiger partial charge >= 0.3 is 0 Å². The third-order valence-electron chi connectivity index (χ3n) is 6.93. The van der Waals surface area contributed by atoms with Gasteiger partial charge in [-0.25, -0.2) is 0 Å². The highest BCUT2D eigenvalue weighted by Crippen LogP contribution is 2.33. The van der Waals surface area contributed by atoms with Crippen LogP contribution in [0.5, 0.6) is 5.75 Å². The monoisotopic (exact) mass is 519 g/mol. The van der Waals surface area contributed by atoms with Crippen LogP contribution in [0, 0.1) is 6.92 Å². The highest BCUT2D eigenvalue weighted by molar-refractivity contribution is 6.09. The number of aryl methyl sites for hydroxylation is 1. The maximum absolute atomic E-state index is 13.6. The molecule has 0 unspecified atom stereocenters. The molecule has 198 valence electrons. The van der Waals surface area contributed by atoms with Gasteiger partial charge in [-0.1, -0.05) is 48.5 Å². The van der Waals surface area contributed by atoms with Crippen LogP contribution >= 0.6 is 0 Å². The minimum atomic E-state index is -0.164. The van der Waals surface area contributed by atoms with E-state index in [1.807, 2.05) is 78.6 Å². The lowest BCUT2D eigenvalue weighted by molar-refractivity contribution is 0.0986. The fourth-order valence-electron chi connectivity index (χ4n) is 4.90. The van der Waals surface area contributed by atoms with Crippen molar-refractivity contribution in [1.82, 2.24) is 0 Å². The first-order chi connectivity index (χ1) is 19.1. The predicted octanol–water partition coefficient (Wildman–Crippen LogP) is 6.57. The van der Waals surface area contributed by atoms with Gasteiger partial charge in [-0.05, 0) is 79.9 Å². The molecule has 0 atom stereocenters. The topological polar surface area (TPSA) is 61.9 Å². The third kappa shape index (κ3) is 6.29. The summed E-state index contributed by atoms with van der Waals surface area (Å²) in [4.78, 5) is 30.5. The van der Waals surface area contributed by atoms with E-state index >= 15 is 0 Å². The number of hydrogen-bond acceptors (Lipinski definition) is 4. The second-order valence-electron chi connectivity index (χ2n) is 9.65. The van der Waals surface area contributed by atoms with Crippen LogP contribution in [-0.4, -0.2) is 38.1 Å². The Balaban J connectivity index is 1.25. The van der Waals surface area contributed by atoms with E-state index < -0.39 is 0 Å². The van der Waals surface area contributed by atoms with Crippen molar-refractivity contribution >= 4 is 28.9 Å². The molecule has 0 radical (unpaired) electrons. The molecule has 4 aromatic rings.